The minimum Gasteiger partial charge on any atom is -0.497 e. The summed E-state index contributed by atoms with van der Waals surface area (Å²) in [5.74, 6) is 0.751. The highest BCUT2D eigenvalue weighted by Crippen LogP contribution is 2.34. The summed E-state index contributed by atoms with van der Waals surface area (Å²) >= 11 is 0. The van der Waals surface area contributed by atoms with E-state index in [0.717, 1.165) is 49.0 Å². The molecule has 2 rings (SSSR count). The van der Waals surface area contributed by atoms with Crippen molar-refractivity contribution in [2.24, 2.45) is 0 Å². The van der Waals surface area contributed by atoms with Gasteiger partial charge < -0.3 is 14.4 Å². The first-order valence-electron chi connectivity index (χ1n) is 12.0. The van der Waals surface area contributed by atoms with Crippen LogP contribution in [0, 0.1) is 0 Å². The van der Waals surface area contributed by atoms with Crippen LogP contribution >= 0.6 is 0 Å². The van der Waals surface area contributed by atoms with Gasteiger partial charge in [-0.25, -0.2) is 8.42 Å². The lowest BCUT2D eigenvalue weighted by Gasteiger charge is -2.37. The van der Waals surface area contributed by atoms with Crippen LogP contribution in [0.25, 0.3) is 0 Å². The monoisotopic (exact) mass is 488 g/mol. The third-order valence-corrected chi connectivity index (χ3v) is 8.56. The molecular weight excluding hydrogens is 448 g/mol. The maximum Gasteiger partial charge on any atom is 0.244 e. The second-order valence-electron chi connectivity index (χ2n) is 9.11. The standard InChI is InChI=1S/C27H40N2O4S/c1-7-9-17-27(21-30,18-10-8-2)29(5)34(31,32)26-16-13-24(28(3)4)20-23(26)19-22-11-14-25(33-6)15-12-22/h11-16,20-21H,7-10,17-19H2,1-6H3. The maximum atomic E-state index is 14.0. The number of anilines is 1. The summed E-state index contributed by atoms with van der Waals surface area (Å²) in [6.07, 6.45) is 5.73. The van der Waals surface area contributed by atoms with Crippen molar-refractivity contribution in [1.82, 2.24) is 4.31 Å². The number of ether oxygens (including phenoxy) is 1. The summed E-state index contributed by atoms with van der Waals surface area (Å²) in [4.78, 5) is 14.6. The molecule has 0 fully saturated rings. The second-order valence-corrected chi connectivity index (χ2v) is 11.1. The van der Waals surface area contributed by atoms with Crippen LogP contribution in [0.3, 0.4) is 0 Å². The van der Waals surface area contributed by atoms with E-state index in [1.54, 1.807) is 20.2 Å². The van der Waals surface area contributed by atoms with Gasteiger partial charge >= 0.3 is 0 Å². The van der Waals surface area contributed by atoms with Gasteiger partial charge in [-0.3, -0.25) is 0 Å². The van der Waals surface area contributed by atoms with Gasteiger partial charge in [0.25, 0.3) is 0 Å². The summed E-state index contributed by atoms with van der Waals surface area (Å²) in [5, 5.41) is 0. The molecule has 0 aliphatic carbocycles. The molecule has 188 valence electrons. The first kappa shape index (κ1) is 27.9. The second kappa shape index (κ2) is 12.4. The highest BCUT2D eigenvalue weighted by Gasteiger charge is 2.41. The van der Waals surface area contributed by atoms with Crippen LogP contribution in [0.2, 0.25) is 0 Å². The number of carbonyl (C=O) groups excluding carboxylic acids is 1. The minimum absolute atomic E-state index is 0.246. The van der Waals surface area contributed by atoms with E-state index in [1.165, 1.54) is 4.31 Å². The molecule has 0 amide bonds. The van der Waals surface area contributed by atoms with Crippen molar-refractivity contribution in [3.8, 4) is 5.75 Å². The van der Waals surface area contributed by atoms with E-state index in [4.69, 9.17) is 4.74 Å². The number of likely N-dealkylation sites (N-methyl/N-ethyl adjacent to an activating group) is 1. The number of rotatable bonds is 14. The zero-order valence-corrected chi connectivity index (χ0v) is 22.3. The minimum atomic E-state index is -3.92. The Labute approximate surface area is 206 Å². The lowest BCUT2D eigenvalue weighted by molar-refractivity contribution is -0.116. The van der Waals surface area contributed by atoms with Crippen molar-refractivity contribution in [2.75, 3.05) is 33.2 Å². The molecule has 34 heavy (non-hydrogen) atoms. The Morgan fingerprint density at radius 1 is 0.941 bits per heavy atom. The lowest BCUT2D eigenvalue weighted by atomic mass is 9.89. The molecule has 0 unspecified atom stereocenters. The Morgan fingerprint density at radius 3 is 2.00 bits per heavy atom. The van der Waals surface area contributed by atoms with Crippen LogP contribution in [0.15, 0.2) is 47.4 Å². The third-order valence-electron chi connectivity index (χ3n) is 6.53. The zero-order chi connectivity index (χ0) is 25.4. The quantitative estimate of drug-likeness (QED) is 0.338. The molecule has 0 radical (unpaired) electrons. The fourth-order valence-electron chi connectivity index (χ4n) is 4.18. The van der Waals surface area contributed by atoms with Gasteiger partial charge in [0.1, 0.15) is 12.0 Å². The molecule has 0 atom stereocenters. The number of hydrogen-bond donors (Lipinski definition) is 0. The van der Waals surface area contributed by atoms with Gasteiger partial charge in [-0.05, 0) is 60.7 Å². The van der Waals surface area contributed by atoms with E-state index >= 15 is 0 Å². The number of hydrogen-bond acceptors (Lipinski definition) is 5. The van der Waals surface area contributed by atoms with Crippen LogP contribution in [0.5, 0.6) is 5.75 Å². The van der Waals surface area contributed by atoms with Gasteiger partial charge in [0.2, 0.25) is 10.0 Å². The van der Waals surface area contributed by atoms with Gasteiger partial charge in [0.05, 0.1) is 17.5 Å². The SMILES string of the molecule is CCCCC(C=O)(CCCC)N(C)S(=O)(=O)c1ccc(N(C)C)cc1Cc1ccc(OC)cc1. The molecule has 2 aromatic rings. The first-order valence-corrected chi connectivity index (χ1v) is 13.5. The molecule has 6 nitrogen and oxygen atoms in total. The van der Waals surface area contributed by atoms with Crippen molar-refractivity contribution < 1.29 is 17.9 Å². The predicted octanol–water partition coefficient (Wildman–Crippen LogP) is 5.29. The molecule has 7 heteroatoms. The highest BCUT2D eigenvalue weighted by molar-refractivity contribution is 7.89. The highest BCUT2D eigenvalue weighted by atomic mass is 32.2. The van der Waals surface area contributed by atoms with Gasteiger partial charge in [-0.15, -0.1) is 0 Å². The summed E-state index contributed by atoms with van der Waals surface area (Å²) in [5.41, 5.74) is 1.56. The molecule has 0 saturated heterocycles. The summed E-state index contributed by atoms with van der Waals surface area (Å²) in [7, 11) is 3.12. The van der Waals surface area contributed by atoms with Crippen molar-refractivity contribution in [3.63, 3.8) is 0 Å². The van der Waals surface area contributed by atoms with Crippen molar-refractivity contribution >= 4 is 22.0 Å². The topological polar surface area (TPSA) is 66.9 Å². The molecular formula is C27H40N2O4S. The molecule has 0 N–H and O–H groups in total. The Balaban J connectivity index is 2.57. The number of methoxy groups -OCH3 is 1. The molecule has 2 aromatic carbocycles. The van der Waals surface area contributed by atoms with Crippen molar-refractivity contribution in [3.05, 3.63) is 53.6 Å². The van der Waals surface area contributed by atoms with Gasteiger partial charge in [0, 0.05) is 26.8 Å². The Morgan fingerprint density at radius 2 is 1.53 bits per heavy atom. The molecule has 0 aliphatic rings. The molecule has 0 aliphatic heterocycles. The number of benzene rings is 2. The van der Waals surface area contributed by atoms with Crippen LogP contribution in [0.4, 0.5) is 5.69 Å². The van der Waals surface area contributed by atoms with E-state index in [9.17, 15) is 13.2 Å². The molecule has 0 saturated carbocycles. The zero-order valence-electron chi connectivity index (χ0n) is 21.5. The molecule has 0 heterocycles. The first-order chi connectivity index (χ1) is 16.1. The summed E-state index contributed by atoms with van der Waals surface area (Å²) < 4.78 is 34.6. The van der Waals surface area contributed by atoms with Crippen molar-refractivity contribution in [2.45, 2.75) is 69.2 Å². The summed E-state index contributed by atoms with van der Waals surface area (Å²) in [6, 6.07) is 13.1. The van der Waals surface area contributed by atoms with E-state index in [0.29, 0.717) is 24.8 Å². The number of aldehydes is 1. The largest absolute Gasteiger partial charge is 0.497 e. The fourth-order valence-corrected chi connectivity index (χ4v) is 5.88. The molecule has 0 aromatic heterocycles. The number of sulfonamides is 1. The van der Waals surface area contributed by atoms with Gasteiger partial charge in [-0.1, -0.05) is 51.7 Å². The van der Waals surface area contributed by atoms with E-state index < -0.39 is 15.6 Å². The van der Waals surface area contributed by atoms with E-state index in [-0.39, 0.29) is 4.90 Å². The van der Waals surface area contributed by atoms with Crippen LogP contribution < -0.4 is 9.64 Å². The van der Waals surface area contributed by atoms with E-state index in [2.05, 4.69) is 13.8 Å². The number of carbonyl (C=O) groups is 1. The summed E-state index contributed by atoms with van der Waals surface area (Å²) in [6.45, 7) is 4.10. The average molecular weight is 489 g/mol. The van der Waals surface area contributed by atoms with Crippen molar-refractivity contribution in [1.29, 1.82) is 0 Å². The van der Waals surface area contributed by atoms with Crippen LogP contribution in [-0.2, 0) is 21.2 Å². The van der Waals surface area contributed by atoms with Crippen LogP contribution in [0.1, 0.15) is 63.5 Å². The number of nitrogens with zero attached hydrogens (tertiary/aromatic N) is 2. The molecule has 0 spiro atoms. The normalized spacial score (nSPS) is 12.1. The van der Waals surface area contributed by atoms with Crippen LogP contribution in [-0.4, -0.2) is 52.8 Å². The predicted molar refractivity (Wildman–Crippen MR) is 139 cm³/mol. The van der Waals surface area contributed by atoms with Gasteiger partial charge in [-0.2, -0.15) is 4.31 Å². The third kappa shape index (κ3) is 6.39. The fraction of sp³-hybridized carbons (Fsp3) is 0.519. The molecule has 0 bridgehead atoms. The van der Waals surface area contributed by atoms with E-state index in [1.807, 2.05) is 55.4 Å². The number of unbranched alkanes of at least 4 members (excludes halogenated alkanes) is 2. The Kier molecular flexibility index (Phi) is 10.1. The van der Waals surface area contributed by atoms with Gasteiger partial charge in [0.15, 0.2) is 0 Å². The lowest BCUT2D eigenvalue weighted by Crippen LogP contribution is -2.51. The Hall–Kier alpha value is -2.38. The Bertz CT molecular complexity index is 1030. The smallest absolute Gasteiger partial charge is 0.244 e. The maximum absolute atomic E-state index is 14.0. The average Bonchev–Trinajstić information content (AvgIpc) is 2.84.